The van der Waals surface area contributed by atoms with Crippen molar-refractivity contribution in [3.8, 4) is 11.1 Å². The minimum Gasteiger partial charge on any atom is -0.393 e. The number of nitro benzene ring substituents is 1. The Labute approximate surface area is 149 Å². The lowest BCUT2D eigenvalue weighted by Crippen LogP contribution is -1.96. The predicted molar refractivity (Wildman–Crippen MR) is 107 cm³/mol. The SMILES string of the molecule is Nc1ccc(-c2ccc3ccc4cccc5ccc2c3c45)cc1[N+](=O)[O-]. The van der Waals surface area contributed by atoms with Crippen molar-refractivity contribution in [3.63, 3.8) is 0 Å². The van der Waals surface area contributed by atoms with E-state index in [1.54, 1.807) is 12.1 Å². The van der Waals surface area contributed by atoms with Crippen LogP contribution in [0.3, 0.4) is 0 Å². The standard InChI is InChI=1S/C22H14N2O2/c23-19-11-8-16(12-20(19)24(25)26)17-9-6-15-5-4-13-2-1-3-14-7-10-18(17)22(15)21(13)14/h1-12H,23H2. The molecule has 5 aromatic rings. The maximum absolute atomic E-state index is 11.3. The van der Waals surface area contributed by atoms with Gasteiger partial charge in [0.2, 0.25) is 0 Å². The van der Waals surface area contributed by atoms with E-state index in [2.05, 4.69) is 48.5 Å². The van der Waals surface area contributed by atoms with Crippen LogP contribution in [0.2, 0.25) is 0 Å². The highest BCUT2D eigenvalue weighted by Crippen LogP contribution is 2.40. The largest absolute Gasteiger partial charge is 0.393 e. The van der Waals surface area contributed by atoms with Crippen LogP contribution in [-0.4, -0.2) is 4.92 Å². The number of hydrogen-bond acceptors (Lipinski definition) is 3. The van der Waals surface area contributed by atoms with Gasteiger partial charge in [0, 0.05) is 6.07 Å². The van der Waals surface area contributed by atoms with Gasteiger partial charge in [-0.05, 0) is 49.5 Å². The number of nitrogen functional groups attached to an aromatic ring is 1. The average Bonchev–Trinajstić information content (AvgIpc) is 2.66. The van der Waals surface area contributed by atoms with Crippen LogP contribution in [0.1, 0.15) is 0 Å². The van der Waals surface area contributed by atoms with Gasteiger partial charge in [-0.2, -0.15) is 0 Å². The number of nitro groups is 1. The Balaban J connectivity index is 1.90. The first-order valence-corrected chi connectivity index (χ1v) is 8.34. The maximum Gasteiger partial charge on any atom is 0.292 e. The summed E-state index contributed by atoms with van der Waals surface area (Å²) >= 11 is 0. The fourth-order valence-electron chi connectivity index (χ4n) is 3.86. The molecule has 2 N–H and O–H groups in total. The third-order valence-corrected chi connectivity index (χ3v) is 5.07. The molecule has 0 spiro atoms. The molecule has 0 aliphatic rings. The predicted octanol–water partition coefficient (Wildman–Crippen LogP) is 5.74. The maximum atomic E-state index is 11.3. The van der Waals surface area contributed by atoms with Gasteiger partial charge in [-0.25, -0.2) is 0 Å². The van der Waals surface area contributed by atoms with Crippen molar-refractivity contribution in [2.45, 2.75) is 0 Å². The van der Waals surface area contributed by atoms with Crippen molar-refractivity contribution in [2.24, 2.45) is 0 Å². The molecule has 0 aromatic heterocycles. The third-order valence-electron chi connectivity index (χ3n) is 5.07. The van der Waals surface area contributed by atoms with Crippen LogP contribution in [0.4, 0.5) is 11.4 Å². The van der Waals surface area contributed by atoms with Crippen LogP contribution in [0, 0.1) is 10.1 Å². The van der Waals surface area contributed by atoms with E-state index in [0.717, 1.165) is 21.9 Å². The molecule has 0 aliphatic heterocycles. The van der Waals surface area contributed by atoms with Gasteiger partial charge in [0.15, 0.2) is 0 Å². The Morgan fingerprint density at radius 2 is 1.42 bits per heavy atom. The monoisotopic (exact) mass is 338 g/mol. The molecule has 0 aliphatic carbocycles. The molecule has 0 fully saturated rings. The fourth-order valence-corrected chi connectivity index (χ4v) is 3.86. The van der Waals surface area contributed by atoms with E-state index in [0.29, 0.717) is 0 Å². The summed E-state index contributed by atoms with van der Waals surface area (Å²) in [6.07, 6.45) is 0. The molecule has 0 radical (unpaired) electrons. The normalized spacial score (nSPS) is 11.5. The Hall–Kier alpha value is -3.66. The van der Waals surface area contributed by atoms with Crippen molar-refractivity contribution in [3.05, 3.63) is 82.9 Å². The number of anilines is 1. The lowest BCUT2D eigenvalue weighted by Gasteiger charge is -2.14. The lowest BCUT2D eigenvalue weighted by atomic mass is 9.90. The molecule has 4 nitrogen and oxygen atoms in total. The zero-order valence-corrected chi connectivity index (χ0v) is 13.8. The molecule has 26 heavy (non-hydrogen) atoms. The Morgan fingerprint density at radius 1 is 0.769 bits per heavy atom. The number of nitrogens with two attached hydrogens (primary N) is 1. The van der Waals surface area contributed by atoms with Gasteiger partial charge in [-0.15, -0.1) is 0 Å². The third kappa shape index (κ3) is 1.96. The van der Waals surface area contributed by atoms with Gasteiger partial charge >= 0.3 is 0 Å². The minimum atomic E-state index is -0.436. The number of benzene rings is 5. The van der Waals surface area contributed by atoms with Gasteiger partial charge in [0.05, 0.1) is 4.92 Å². The first-order valence-electron chi connectivity index (χ1n) is 8.34. The van der Waals surface area contributed by atoms with E-state index in [4.69, 9.17) is 5.73 Å². The smallest absolute Gasteiger partial charge is 0.292 e. The Kier molecular flexibility index (Phi) is 2.91. The molecular formula is C22H14N2O2. The highest BCUT2D eigenvalue weighted by Gasteiger charge is 2.16. The molecule has 4 heteroatoms. The van der Waals surface area contributed by atoms with Crippen molar-refractivity contribution in [2.75, 3.05) is 5.73 Å². The van der Waals surface area contributed by atoms with Crippen molar-refractivity contribution in [1.29, 1.82) is 0 Å². The zero-order chi connectivity index (χ0) is 17.8. The van der Waals surface area contributed by atoms with E-state index >= 15 is 0 Å². The molecule has 124 valence electrons. The molecule has 0 heterocycles. The topological polar surface area (TPSA) is 69.2 Å². The van der Waals surface area contributed by atoms with Gasteiger partial charge in [-0.3, -0.25) is 10.1 Å². The summed E-state index contributed by atoms with van der Waals surface area (Å²) in [4.78, 5) is 10.8. The lowest BCUT2D eigenvalue weighted by molar-refractivity contribution is -0.383. The summed E-state index contributed by atoms with van der Waals surface area (Å²) in [5, 5.41) is 18.3. The molecule has 0 saturated carbocycles. The van der Waals surface area contributed by atoms with Crippen molar-refractivity contribution >= 4 is 43.7 Å². The first-order chi connectivity index (χ1) is 12.6. The first kappa shape index (κ1) is 14.7. The second-order valence-electron chi connectivity index (χ2n) is 6.50. The summed E-state index contributed by atoms with van der Waals surface area (Å²) in [7, 11) is 0. The van der Waals surface area contributed by atoms with Crippen LogP contribution < -0.4 is 5.73 Å². The van der Waals surface area contributed by atoms with Crippen LogP contribution in [0.5, 0.6) is 0 Å². The molecule has 0 saturated heterocycles. The van der Waals surface area contributed by atoms with Crippen LogP contribution >= 0.6 is 0 Å². The van der Waals surface area contributed by atoms with E-state index in [1.165, 1.54) is 21.5 Å². The molecular weight excluding hydrogens is 324 g/mol. The minimum absolute atomic E-state index is 0.0619. The van der Waals surface area contributed by atoms with Crippen molar-refractivity contribution in [1.82, 2.24) is 0 Å². The summed E-state index contributed by atoms with van der Waals surface area (Å²) in [6.45, 7) is 0. The quantitative estimate of drug-likeness (QED) is 0.193. The van der Waals surface area contributed by atoms with E-state index in [1.807, 2.05) is 12.1 Å². The highest BCUT2D eigenvalue weighted by atomic mass is 16.6. The van der Waals surface area contributed by atoms with Gasteiger partial charge in [0.1, 0.15) is 5.69 Å². The van der Waals surface area contributed by atoms with Gasteiger partial charge in [0.25, 0.3) is 5.69 Å². The van der Waals surface area contributed by atoms with Gasteiger partial charge in [-0.1, -0.05) is 60.7 Å². The molecule has 0 bridgehead atoms. The molecule has 0 atom stereocenters. The Morgan fingerprint density at radius 3 is 2.15 bits per heavy atom. The second kappa shape index (κ2) is 5.17. The summed E-state index contributed by atoms with van der Waals surface area (Å²) < 4.78 is 0. The zero-order valence-electron chi connectivity index (χ0n) is 13.8. The molecule has 0 amide bonds. The van der Waals surface area contributed by atoms with E-state index in [9.17, 15) is 10.1 Å². The van der Waals surface area contributed by atoms with E-state index < -0.39 is 4.92 Å². The van der Waals surface area contributed by atoms with Gasteiger partial charge < -0.3 is 5.73 Å². The van der Waals surface area contributed by atoms with E-state index in [-0.39, 0.29) is 11.4 Å². The summed E-state index contributed by atoms with van der Waals surface area (Å²) in [6, 6.07) is 23.9. The van der Waals surface area contributed by atoms with Crippen LogP contribution in [-0.2, 0) is 0 Å². The molecule has 5 rings (SSSR count). The Bertz CT molecular complexity index is 1310. The average molecular weight is 338 g/mol. The molecule has 0 unspecified atom stereocenters. The summed E-state index contributed by atoms with van der Waals surface area (Å²) in [5.74, 6) is 0. The van der Waals surface area contributed by atoms with Crippen LogP contribution in [0.15, 0.2) is 72.8 Å². The van der Waals surface area contributed by atoms with Crippen LogP contribution in [0.25, 0.3) is 43.4 Å². The fraction of sp³-hybridized carbons (Fsp3) is 0. The molecule has 5 aromatic carbocycles. The highest BCUT2D eigenvalue weighted by molar-refractivity contribution is 6.25. The summed E-state index contributed by atoms with van der Waals surface area (Å²) in [5.41, 5.74) is 7.64. The number of rotatable bonds is 2. The van der Waals surface area contributed by atoms with Crippen molar-refractivity contribution < 1.29 is 4.92 Å². The number of nitrogens with zero attached hydrogens (tertiary/aromatic N) is 1. The second-order valence-corrected chi connectivity index (χ2v) is 6.50. The number of hydrogen-bond donors (Lipinski definition) is 1.